The highest BCUT2D eigenvalue weighted by Crippen LogP contribution is 2.36. The molecule has 2 atom stereocenters. The monoisotopic (exact) mass is 434 g/mol. The van der Waals surface area contributed by atoms with Gasteiger partial charge in [0.05, 0.1) is 16.4 Å². The van der Waals surface area contributed by atoms with E-state index in [2.05, 4.69) is 26.7 Å². The second-order valence-electron chi connectivity index (χ2n) is 7.35. The van der Waals surface area contributed by atoms with E-state index in [9.17, 15) is 14.2 Å². The van der Waals surface area contributed by atoms with E-state index in [0.29, 0.717) is 11.3 Å². The summed E-state index contributed by atoms with van der Waals surface area (Å²) in [6.07, 6.45) is 0. The Labute approximate surface area is 160 Å². The number of nitrogens with zero attached hydrogens (tertiary/aromatic N) is 1. The minimum Gasteiger partial charge on any atom is -0.598 e. The highest BCUT2D eigenvalue weighted by Gasteiger charge is 2.40. The number of halogens is 2. The first-order valence-corrected chi connectivity index (χ1v) is 10.4. The molecule has 0 aliphatic carbocycles. The first kappa shape index (κ1) is 21.8. The SMILES string of the molecule is CC(C)(C#N)SC[C@@](C)(N[S+]([O-])C(C)(C)C)c1cc(Br)ccc1F. The lowest BCUT2D eigenvalue weighted by molar-refractivity contribution is 0.441. The van der Waals surface area contributed by atoms with E-state index < -0.39 is 26.4 Å². The first-order valence-electron chi connectivity index (χ1n) is 7.51. The zero-order valence-corrected chi connectivity index (χ0v) is 18.1. The van der Waals surface area contributed by atoms with Crippen LogP contribution < -0.4 is 4.72 Å². The quantitative estimate of drug-likeness (QED) is 0.647. The van der Waals surface area contributed by atoms with Gasteiger partial charge in [-0.15, -0.1) is 16.5 Å². The van der Waals surface area contributed by atoms with Gasteiger partial charge in [-0.1, -0.05) is 15.9 Å². The Morgan fingerprint density at radius 2 is 1.88 bits per heavy atom. The number of hydrogen-bond acceptors (Lipinski definition) is 4. The lowest BCUT2D eigenvalue weighted by atomic mass is 9.95. The van der Waals surface area contributed by atoms with Gasteiger partial charge in [0.25, 0.3) is 0 Å². The normalized spacial score (nSPS) is 16.3. The average molecular weight is 435 g/mol. The number of hydrogen-bond donors (Lipinski definition) is 1. The highest BCUT2D eigenvalue weighted by molar-refractivity contribution is 9.10. The van der Waals surface area contributed by atoms with Gasteiger partial charge in [-0.2, -0.15) is 5.26 Å². The Bertz CT molecular complexity index is 628. The van der Waals surface area contributed by atoms with Crippen LogP contribution in [0.1, 0.15) is 47.1 Å². The van der Waals surface area contributed by atoms with Crippen molar-refractivity contribution in [3.63, 3.8) is 0 Å². The van der Waals surface area contributed by atoms with E-state index in [0.717, 1.165) is 4.47 Å². The maximum atomic E-state index is 14.5. The van der Waals surface area contributed by atoms with Crippen LogP contribution in [-0.2, 0) is 16.9 Å². The van der Waals surface area contributed by atoms with Crippen LogP contribution in [0.25, 0.3) is 0 Å². The van der Waals surface area contributed by atoms with Crippen molar-refractivity contribution in [1.29, 1.82) is 5.26 Å². The molecule has 1 unspecified atom stereocenters. The van der Waals surface area contributed by atoms with E-state index in [4.69, 9.17) is 0 Å². The maximum absolute atomic E-state index is 14.5. The van der Waals surface area contributed by atoms with Crippen molar-refractivity contribution in [3.05, 3.63) is 34.1 Å². The van der Waals surface area contributed by atoms with Crippen molar-refractivity contribution in [2.75, 3.05) is 5.75 Å². The molecule has 24 heavy (non-hydrogen) atoms. The van der Waals surface area contributed by atoms with Gasteiger partial charge in [0, 0.05) is 27.2 Å². The van der Waals surface area contributed by atoms with Gasteiger partial charge in [-0.05, 0) is 59.7 Å². The smallest absolute Gasteiger partial charge is 0.136 e. The summed E-state index contributed by atoms with van der Waals surface area (Å²) in [6.45, 7) is 11.0. The van der Waals surface area contributed by atoms with Crippen LogP contribution in [0.5, 0.6) is 0 Å². The Balaban J connectivity index is 3.25. The van der Waals surface area contributed by atoms with Gasteiger partial charge in [0.15, 0.2) is 0 Å². The Hall–Kier alpha value is -0.260. The molecule has 0 aromatic heterocycles. The van der Waals surface area contributed by atoms with Crippen LogP contribution in [0.4, 0.5) is 4.39 Å². The van der Waals surface area contributed by atoms with E-state index in [1.54, 1.807) is 12.1 Å². The average Bonchev–Trinajstić information content (AvgIpc) is 2.47. The molecule has 0 fully saturated rings. The van der Waals surface area contributed by atoms with Crippen LogP contribution in [0.15, 0.2) is 22.7 Å². The molecule has 0 spiro atoms. The third-order valence-corrected chi connectivity index (χ3v) is 7.16. The summed E-state index contributed by atoms with van der Waals surface area (Å²) in [5.41, 5.74) is -0.458. The lowest BCUT2D eigenvalue weighted by Crippen LogP contribution is -2.52. The van der Waals surface area contributed by atoms with Gasteiger partial charge in [0.1, 0.15) is 10.6 Å². The van der Waals surface area contributed by atoms with Gasteiger partial charge < -0.3 is 4.55 Å². The minimum absolute atomic E-state index is 0.366. The van der Waals surface area contributed by atoms with Crippen LogP contribution >= 0.6 is 27.7 Å². The van der Waals surface area contributed by atoms with E-state index in [1.165, 1.54) is 17.8 Å². The highest BCUT2D eigenvalue weighted by atomic mass is 79.9. The second-order valence-corrected chi connectivity index (χ2v) is 11.8. The van der Waals surface area contributed by atoms with Crippen LogP contribution in [0, 0.1) is 17.1 Å². The number of rotatable bonds is 6. The molecule has 0 amide bonds. The van der Waals surface area contributed by atoms with Gasteiger partial charge in [-0.25, -0.2) is 4.39 Å². The largest absolute Gasteiger partial charge is 0.598 e. The predicted molar refractivity (Wildman–Crippen MR) is 105 cm³/mol. The summed E-state index contributed by atoms with van der Waals surface area (Å²) < 4.78 is 29.9. The minimum atomic E-state index is -1.38. The Morgan fingerprint density at radius 3 is 2.38 bits per heavy atom. The molecule has 0 aliphatic rings. The van der Waals surface area contributed by atoms with Gasteiger partial charge in [0.2, 0.25) is 0 Å². The molecule has 1 aromatic rings. The number of thioether (sulfide) groups is 1. The van der Waals surface area contributed by atoms with Crippen LogP contribution in [0.3, 0.4) is 0 Å². The van der Waals surface area contributed by atoms with Crippen molar-refractivity contribution in [2.45, 2.75) is 56.6 Å². The fourth-order valence-corrected chi connectivity index (χ4v) is 4.09. The van der Waals surface area contributed by atoms with E-state index >= 15 is 0 Å². The molecule has 134 valence electrons. The maximum Gasteiger partial charge on any atom is 0.136 e. The molecular weight excluding hydrogens is 411 g/mol. The topological polar surface area (TPSA) is 58.9 Å². The molecule has 0 heterocycles. The molecule has 0 saturated heterocycles. The van der Waals surface area contributed by atoms with Gasteiger partial charge in [-0.3, -0.25) is 0 Å². The first-order chi connectivity index (χ1) is 10.8. The third kappa shape index (κ3) is 5.92. The predicted octanol–water partition coefficient (Wildman–Crippen LogP) is 4.89. The fourth-order valence-electron chi connectivity index (χ4n) is 1.80. The third-order valence-electron chi connectivity index (χ3n) is 3.39. The standard InChI is InChI=1S/C17H24BrFN2OS2/c1-15(2,3)24(22)21-17(6,11-23-16(4,5)10-20)13-9-12(18)7-8-14(13)19/h7-9,21H,11H2,1-6H3/t17-,24?/m1/s1. The summed E-state index contributed by atoms with van der Waals surface area (Å²) in [6, 6.07) is 6.95. The van der Waals surface area contributed by atoms with Crippen molar-refractivity contribution in [3.8, 4) is 6.07 Å². The molecule has 0 saturated carbocycles. The number of nitrogens with one attached hydrogen (secondary N) is 1. The Kier molecular flexibility index (Phi) is 7.23. The number of benzene rings is 1. The molecule has 0 radical (unpaired) electrons. The molecule has 3 nitrogen and oxygen atoms in total. The molecule has 1 N–H and O–H groups in total. The summed E-state index contributed by atoms with van der Waals surface area (Å²) >= 11 is 3.40. The molecular formula is C17H24BrFN2OS2. The van der Waals surface area contributed by atoms with Crippen LogP contribution in [-0.4, -0.2) is 19.8 Å². The van der Waals surface area contributed by atoms with E-state index in [1.807, 2.05) is 41.5 Å². The summed E-state index contributed by atoms with van der Waals surface area (Å²) in [7, 11) is 0. The summed E-state index contributed by atoms with van der Waals surface area (Å²) in [4.78, 5) is 0. The fraction of sp³-hybridized carbons (Fsp3) is 0.588. The van der Waals surface area contributed by atoms with Crippen molar-refractivity contribution in [2.24, 2.45) is 0 Å². The van der Waals surface area contributed by atoms with E-state index in [-0.39, 0.29) is 5.82 Å². The summed E-state index contributed by atoms with van der Waals surface area (Å²) in [5, 5.41) is 9.24. The van der Waals surface area contributed by atoms with Gasteiger partial charge >= 0.3 is 0 Å². The lowest BCUT2D eigenvalue weighted by Gasteiger charge is -2.36. The van der Waals surface area contributed by atoms with Crippen molar-refractivity contribution in [1.82, 2.24) is 4.72 Å². The molecule has 1 rings (SSSR count). The molecule has 0 aliphatic heterocycles. The molecule has 7 heteroatoms. The zero-order chi connectivity index (χ0) is 18.8. The van der Waals surface area contributed by atoms with Crippen LogP contribution in [0.2, 0.25) is 0 Å². The van der Waals surface area contributed by atoms with Crippen molar-refractivity contribution < 1.29 is 8.94 Å². The molecule has 1 aromatic carbocycles. The molecule has 0 bridgehead atoms. The van der Waals surface area contributed by atoms with Crippen molar-refractivity contribution >= 4 is 39.1 Å². The zero-order valence-electron chi connectivity index (χ0n) is 14.9. The Morgan fingerprint density at radius 1 is 1.29 bits per heavy atom. The summed E-state index contributed by atoms with van der Waals surface area (Å²) in [5.74, 6) is 0.0393. The second kappa shape index (κ2) is 7.96. The number of nitriles is 1.